The second kappa shape index (κ2) is 8.56. The van der Waals surface area contributed by atoms with Crippen molar-refractivity contribution in [2.75, 3.05) is 0 Å². The lowest BCUT2D eigenvalue weighted by Crippen LogP contribution is -2.74. The molecule has 0 aliphatic heterocycles. The zero-order valence-corrected chi connectivity index (χ0v) is 21.5. The molecule has 4 aliphatic carbocycles. The Morgan fingerprint density at radius 2 is 0.775 bits per heavy atom. The molecule has 7 rings (SSSR count). The highest BCUT2D eigenvalue weighted by atomic mass is 19.4. The Hall–Kier alpha value is -2.90. The van der Waals surface area contributed by atoms with E-state index in [4.69, 9.17) is 0 Å². The Labute approximate surface area is 227 Å². The second-order valence-corrected chi connectivity index (χ2v) is 12.4. The van der Waals surface area contributed by atoms with E-state index < -0.39 is 65.1 Å². The average Bonchev–Trinajstić information content (AvgIpc) is 2.93. The van der Waals surface area contributed by atoms with Gasteiger partial charge in [-0.2, -0.15) is 26.3 Å². The van der Waals surface area contributed by atoms with Crippen LogP contribution < -0.4 is 0 Å². The molecule has 0 nitrogen and oxygen atoms in total. The van der Waals surface area contributed by atoms with Crippen molar-refractivity contribution < 1.29 is 35.1 Å². The molecule has 4 aliphatic rings. The Morgan fingerprint density at radius 3 is 1.05 bits per heavy atom. The Kier molecular flexibility index (Phi) is 5.83. The summed E-state index contributed by atoms with van der Waals surface area (Å²) in [6, 6.07) is 26.3. The van der Waals surface area contributed by atoms with Gasteiger partial charge < -0.3 is 0 Å². The molecular weight excluding hydrogens is 536 g/mol. The predicted molar refractivity (Wildman–Crippen MR) is 135 cm³/mol. The van der Waals surface area contributed by atoms with E-state index in [0.29, 0.717) is 36.0 Å². The molecule has 8 heteroatoms. The summed E-state index contributed by atoms with van der Waals surface area (Å²) in [4.78, 5) is 0. The van der Waals surface area contributed by atoms with Crippen molar-refractivity contribution in [2.45, 2.75) is 79.0 Å². The van der Waals surface area contributed by atoms with Crippen molar-refractivity contribution in [1.29, 1.82) is 0 Å². The third-order valence-corrected chi connectivity index (χ3v) is 9.97. The van der Waals surface area contributed by atoms with Gasteiger partial charge in [-0.3, -0.25) is 0 Å². The maximum atomic E-state index is 16.5. The standard InChI is InChI=1S/C32H28F8/c33-25(34)30(35,36)32(39,40)31(37,38)29-19-26(22-10-4-1-5-11-22)16-27(20-29,23-12-6-2-7-13-23)18-28(17-26,21-29)24-14-8-3-9-15-24/h1-15,25H,16-21H2. The lowest BCUT2D eigenvalue weighted by molar-refractivity contribution is -0.382. The zero-order chi connectivity index (χ0) is 28.7. The number of alkyl halides is 8. The summed E-state index contributed by atoms with van der Waals surface area (Å²) in [5.41, 5.74) is -3.88. The molecule has 0 radical (unpaired) electrons. The minimum absolute atomic E-state index is 0.358. The van der Waals surface area contributed by atoms with E-state index in [1.54, 1.807) is 91.0 Å². The molecule has 0 saturated heterocycles. The monoisotopic (exact) mass is 564 g/mol. The SMILES string of the molecule is FC(F)C(F)(F)C(F)(F)C(F)(F)C12CC3(c4ccccc4)CC(c4ccccc4)(CC(c4ccccc4)(C3)C1)C2. The van der Waals surface area contributed by atoms with Gasteiger partial charge in [-0.05, 0) is 71.5 Å². The largest absolute Gasteiger partial charge is 0.378 e. The minimum atomic E-state index is -6.27. The van der Waals surface area contributed by atoms with Crippen molar-refractivity contribution in [2.24, 2.45) is 5.41 Å². The summed E-state index contributed by atoms with van der Waals surface area (Å²) in [5.74, 6) is -17.9. The fraction of sp³-hybridized carbons (Fsp3) is 0.438. The summed E-state index contributed by atoms with van der Waals surface area (Å²) < 4.78 is 119. The maximum Gasteiger partial charge on any atom is 0.378 e. The smallest absolute Gasteiger partial charge is 0.203 e. The van der Waals surface area contributed by atoms with Crippen molar-refractivity contribution in [3.63, 3.8) is 0 Å². The molecule has 40 heavy (non-hydrogen) atoms. The van der Waals surface area contributed by atoms with E-state index in [9.17, 15) is 17.6 Å². The summed E-state index contributed by atoms with van der Waals surface area (Å²) in [6.45, 7) is 0. The molecule has 0 unspecified atom stereocenters. The molecule has 4 saturated carbocycles. The number of halogens is 8. The van der Waals surface area contributed by atoms with Crippen LogP contribution in [0.3, 0.4) is 0 Å². The van der Waals surface area contributed by atoms with Crippen LogP contribution in [0.15, 0.2) is 91.0 Å². The van der Waals surface area contributed by atoms with Gasteiger partial charge in [0.15, 0.2) is 0 Å². The van der Waals surface area contributed by atoms with Gasteiger partial charge in [0.05, 0.1) is 0 Å². The van der Waals surface area contributed by atoms with E-state index in [1.165, 1.54) is 0 Å². The highest BCUT2D eigenvalue weighted by Gasteiger charge is 2.85. The van der Waals surface area contributed by atoms with Gasteiger partial charge in [0.25, 0.3) is 0 Å². The van der Waals surface area contributed by atoms with Gasteiger partial charge in [0.2, 0.25) is 0 Å². The summed E-state index contributed by atoms with van der Waals surface area (Å²) in [7, 11) is 0. The van der Waals surface area contributed by atoms with Crippen molar-refractivity contribution in [1.82, 2.24) is 0 Å². The topological polar surface area (TPSA) is 0 Å². The van der Waals surface area contributed by atoms with Gasteiger partial charge in [-0.15, -0.1) is 0 Å². The van der Waals surface area contributed by atoms with Gasteiger partial charge in [-0.1, -0.05) is 91.0 Å². The number of rotatable bonds is 7. The van der Waals surface area contributed by atoms with Crippen LogP contribution in [0.5, 0.6) is 0 Å². The molecule has 3 aromatic rings. The van der Waals surface area contributed by atoms with Crippen LogP contribution in [-0.4, -0.2) is 24.2 Å². The molecular formula is C32H28F8. The molecule has 0 amide bonds. The van der Waals surface area contributed by atoms with Crippen molar-refractivity contribution in [3.8, 4) is 0 Å². The fourth-order valence-corrected chi connectivity index (χ4v) is 8.94. The Bertz CT molecular complexity index is 1230. The Morgan fingerprint density at radius 1 is 0.475 bits per heavy atom. The van der Waals surface area contributed by atoms with E-state index >= 15 is 17.6 Å². The second-order valence-electron chi connectivity index (χ2n) is 12.4. The first kappa shape index (κ1) is 27.3. The van der Waals surface area contributed by atoms with Crippen LogP contribution >= 0.6 is 0 Å². The summed E-state index contributed by atoms with van der Waals surface area (Å²) in [6.07, 6.45) is -5.39. The lowest BCUT2D eigenvalue weighted by atomic mass is 9.31. The van der Waals surface area contributed by atoms with Gasteiger partial charge in [0.1, 0.15) is 0 Å². The predicted octanol–water partition coefficient (Wildman–Crippen LogP) is 9.34. The van der Waals surface area contributed by atoms with Crippen LogP contribution in [0.2, 0.25) is 0 Å². The van der Waals surface area contributed by atoms with Gasteiger partial charge >= 0.3 is 24.2 Å². The Balaban J connectivity index is 1.65. The van der Waals surface area contributed by atoms with E-state index in [1.807, 2.05) is 0 Å². The lowest BCUT2D eigenvalue weighted by Gasteiger charge is -2.72. The molecule has 0 N–H and O–H groups in total. The third-order valence-electron chi connectivity index (χ3n) is 9.97. The first-order valence-electron chi connectivity index (χ1n) is 13.3. The van der Waals surface area contributed by atoms with Crippen molar-refractivity contribution >= 4 is 0 Å². The first-order valence-corrected chi connectivity index (χ1v) is 13.3. The molecule has 3 aromatic carbocycles. The quantitative estimate of drug-likeness (QED) is 0.251. The highest BCUT2D eigenvalue weighted by molar-refractivity contribution is 5.46. The van der Waals surface area contributed by atoms with E-state index in [-0.39, 0.29) is 0 Å². The van der Waals surface area contributed by atoms with Crippen molar-refractivity contribution in [3.05, 3.63) is 108 Å². The van der Waals surface area contributed by atoms with Crippen LogP contribution in [0.4, 0.5) is 35.1 Å². The number of hydrogen-bond donors (Lipinski definition) is 0. The molecule has 212 valence electrons. The van der Waals surface area contributed by atoms with E-state index in [0.717, 1.165) is 0 Å². The van der Waals surface area contributed by atoms with Crippen LogP contribution in [-0.2, 0) is 16.2 Å². The van der Waals surface area contributed by atoms with Gasteiger partial charge in [0, 0.05) is 5.41 Å². The highest BCUT2D eigenvalue weighted by Crippen LogP contribution is 2.78. The average molecular weight is 565 g/mol. The molecule has 0 aromatic heterocycles. The molecule has 4 fully saturated rings. The first-order chi connectivity index (χ1) is 18.8. The maximum absolute atomic E-state index is 16.5. The fourth-order valence-electron chi connectivity index (χ4n) is 8.94. The number of hydrogen-bond acceptors (Lipinski definition) is 0. The summed E-state index contributed by atoms with van der Waals surface area (Å²) >= 11 is 0. The van der Waals surface area contributed by atoms with Crippen LogP contribution in [0.25, 0.3) is 0 Å². The van der Waals surface area contributed by atoms with E-state index in [2.05, 4.69) is 0 Å². The van der Waals surface area contributed by atoms with Crippen LogP contribution in [0, 0.1) is 5.41 Å². The molecule has 0 spiro atoms. The summed E-state index contributed by atoms with van der Waals surface area (Å²) in [5, 5.41) is 0. The normalized spacial score (nSPS) is 32.0. The molecule has 0 heterocycles. The van der Waals surface area contributed by atoms with Crippen LogP contribution in [0.1, 0.15) is 55.2 Å². The molecule has 4 bridgehead atoms. The third kappa shape index (κ3) is 3.49. The minimum Gasteiger partial charge on any atom is -0.203 e. The van der Waals surface area contributed by atoms with Gasteiger partial charge in [-0.25, -0.2) is 8.78 Å². The number of benzene rings is 3. The zero-order valence-electron chi connectivity index (χ0n) is 21.5. The molecule has 0 atom stereocenters.